The van der Waals surface area contributed by atoms with Crippen molar-refractivity contribution in [1.82, 2.24) is 4.90 Å². The van der Waals surface area contributed by atoms with E-state index in [0.29, 0.717) is 16.7 Å². The van der Waals surface area contributed by atoms with Crippen LogP contribution >= 0.6 is 22.6 Å². The van der Waals surface area contributed by atoms with Gasteiger partial charge in [-0.1, -0.05) is 0 Å². The van der Waals surface area contributed by atoms with Crippen LogP contribution in [0.5, 0.6) is 0 Å². The molecule has 1 N–H and O–H groups in total. The quantitative estimate of drug-likeness (QED) is 0.649. The van der Waals surface area contributed by atoms with Gasteiger partial charge in [-0.2, -0.15) is 0 Å². The standard InChI is InChI=1S/C18H16F3IN2O/c19-13-6-5-12(18(25)24-8-2-1-3-9-24)17(16(13)21)23-15-7-4-11(22)10-14(15)20/h4-7,10,23H,1-3,8-9H2. The number of nitrogens with one attached hydrogen (secondary N) is 1. The number of amides is 1. The number of halogens is 4. The van der Waals surface area contributed by atoms with Gasteiger partial charge in [0.05, 0.1) is 16.9 Å². The smallest absolute Gasteiger partial charge is 0.256 e. The molecule has 0 aromatic heterocycles. The lowest BCUT2D eigenvalue weighted by Crippen LogP contribution is -2.36. The Morgan fingerprint density at radius 3 is 2.40 bits per heavy atom. The molecule has 1 amide bonds. The Morgan fingerprint density at radius 1 is 1.00 bits per heavy atom. The summed E-state index contributed by atoms with van der Waals surface area (Å²) in [7, 11) is 0. The van der Waals surface area contributed by atoms with Crippen LogP contribution in [0.1, 0.15) is 29.6 Å². The van der Waals surface area contributed by atoms with E-state index in [1.807, 2.05) is 22.6 Å². The molecule has 2 aromatic carbocycles. The number of carbonyl (C=O) groups excluding carboxylic acids is 1. The molecule has 0 radical (unpaired) electrons. The molecule has 7 heteroatoms. The summed E-state index contributed by atoms with van der Waals surface area (Å²) in [6, 6.07) is 6.49. The van der Waals surface area contributed by atoms with Crippen LogP contribution in [0.4, 0.5) is 24.5 Å². The fourth-order valence-electron chi connectivity index (χ4n) is 2.84. The topological polar surface area (TPSA) is 32.3 Å². The fourth-order valence-corrected chi connectivity index (χ4v) is 3.30. The zero-order valence-corrected chi connectivity index (χ0v) is 15.4. The molecule has 1 aliphatic heterocycles. The van der Waals surface area contributed by atoms with Gasteiger partial charge < -0.3 is 10.2 Å². The fraction of sp³-hybridized carbons (Fsp3) is 0.278. The van der Waals surface area contributed by atoms with E-state index in [9.17, 15) is 18.0 Å². The van der Waals surface area contributed by atoms with Crippen LogP contribution < -0.4 is 5.32 Å². The summed E-state index contributed by atoms with van der Waals surface area (Å²) in [5, 5.41) is 2.56. The third-order valence-corrected chi connectivity index (χ3v) is 4.83. The van der Waals surface area contributed by atoms with Gasteiger partial charge in [0.2, 0.25) is 0 Å². The van der Waals surface area contributed by atoms with E-state index >= 15 is 0 Å². The summed E-state index contributed by atoms with van der Waals surface area (Å²) in [5.41, 5.74) is -0.355. The maximum absolute atomic E-state index is 14.4. The molecule has 1 fully saturated rings. The van der Waals surface area contributed by atoms with Gasteiger partial charge in [-0.25, -0.2) is 13.2 Å². The zero-order valence-electron chi connectivity index (χ0n) is 13.3. The van der Waals surface area contributed by atoms with Gasteiger partial charge >= 0.3 is 0 Å². The van der Waals surface area contributed by atoms with Crippen LogP contribution in [0, 0.1) is 21.0 Å². The molecule has 3 rings (SSSR count). The van der Waals surface area contributed by atoms with Crippen molar-refractivity contribution >= 4 is 39.9 Å². The molecule has 0 bridgehead atoms. The number of rotatable bonds is 3. The maximum atomic E-state index is 14.4. The first-order valence-corrected chi connectivity index (χ1v) is 9.04. The SMILES string of the molecule is O=C(c1ccc(F)c(F)c1Nc1ccc(I)cc1F)N1CCCCC1. The van der Waals surface area contributed by atoms with Gasteiger partial charge in [-0.05, 0) is 72.2 Å². The third kappa shape index (κ3) is 3.91. The van der Waals surface area contributed by atoms with Crippen molar-refractivity contribution in [2.45, 2.75) is 19.3 Å². The number of hydrogen-bond acceptors (Lipinski definition) is 2. The predicted molar refractivity (Wildman–Crippen MR) is 98.5 cm³/mol. The first kappa shape index (κ1) is 18.0. The first-order valence-electron chi connectivity index (χ1n) is 7.96. The summed E-state index contributed by atoms with van der Waals surface area (Å²) in [6.07, 6.45) is 2.80. The van der Waals surface area contributed by atoms with Gasteiger partial charge in [0.15, 0.2) is 11.6 Å². The van der Waals surface area contributed by atoms with Crippen LogP contribution in [0.2, 0.25) is 0 Å². The number of piperidine rings is 1. The average Bonchev–Trinajstić information content (AvgIpc) is 2.61. The van der Waals surface area contributed by atoms with Crippen LogP contribution in [0.15, 0.2) is 30.3 Å². The monoisotopic (exact) mass is 460 g/mol. The molecule has 25 heavy (non-hydrogen) atoms. The number of benzene rings is 2. The van der Waals surface area contributed by atoms with Crippen LogP contribution in [-0.2, 0) is 0 Å². The summed E-state index contributed by atoms with van der Waals surface area (Å²) < 4.78 is 42.8. The molecule has 0 saturated carbocycles. The van der Waals surface area contributed by atoms with Crippen LogP contribution in [0.25, 0.3) is 0 Å². The number of anilines is 2. The molecule has 0 spiro atoms. The van der Waals surface area contributed by atoms with E-state index in [4.69, 9.17) is 0 Å². The Morgan fingerprint density at radius 2 is 1.72 bits per heavy atom. The number of carbonyl (C=O) groups is 1. The van der Waals surface area contributed by atoms with E-state index in [-0.39, 0.29) is 22.8 Å². The number of likely N-dealkylation sites (tertiary alicyclic amines) is 1. The molecule has 0 aliphatic carbocycles. The summed E-state index contributed by atoms with van der Waals surface area (Å²) in [4.78, 5) is 14.3. The molecule has 1 saturated heterocycles. The predicted octanol–water partition coefficient (Wildman–Crippen LogP) is 5.08. The van der Waals surface area contributed by atoms with Crippen molar-refractivity contribution in [1.29, 1.82) is 0 Å². The van der Waals surface area contributed by atoms with Crippen LogP contribution in [-0.4, -0.2) is 23.9 Å². The minimum atomic E-state index is -1.19. The Hall–Kier alpha value is -1.77. The molecule has 1 heterocycles. The molecular formula is C18H16F3IN2O. The van der Waals surface area contributed by atoms with E-state index < -0.39 is 17.5 Å². The van der Waals surface area contributed by atoms with Crippen molar-refractivity contribution in [3.63, 3.8) is 0 Å². The second-order valence-corrected chi connectivity index (χ2v) is 7.13. The second-order valence-electron chi connectivity index (χ2n) is 5.89. The van der Waals surface area contributed by atoms with Gasteiger partial charge in [0, 0.05) is 16.7 Å². The normalized spacial score (nSPS) is 14.5. The lowest BCUT2D eigenvalue weighted by atomic mass is 10.1. The largest absolute Gasteiger partial charge is 0.350 e. The van der Waals surface area contributed by atoms with Crippen molar-refractivity contribution in [3.05, 3.63) is 56.9 Å². The Bertz CT molecular complexity index is 807. The Kier molecular flexibility index (Phi) is 5.51. The molecule has 0 unspecified atom stereocenters. The van der Waals surface area contributed by atoms with Gasteiger partial charge in [0.25, 0.3) is 5.91 Å². The highest BCUT2D eigenvalue weighted by atomic mass is 127. The summed E-state index contributed by atoms with van der Waals surface area (Å²) in [5.74, 6) is -3.27. The number of hydrogen-bond donors (Lipinski definition) is 1. The lowest BCUT2D eigenvalue weighted by molar-refractivity contribution is 0.0725. The lowest BCUT2D eigenvalue weighted by Gasteiger charge is -2.27. The van der Waals surface area contributed by atoms with E-state index in [2.05, 4.69) is 5.32 Å². The molecule has 2 aromatic rings. The average molecular weight is 460 g/mol. The van der Waals surface area contributed by atoms with E-state index in [0.717, 1.165) is 25.3 Å². The zero-order chi connectivity index (χ0) is 18.0. The molecule has 1 aliphatic rings. The molecule has 132 valence electrons. The van der Waals surface area contributed by atoms with Crippen LogP contribution in [0.3, 0.4) is 0 Å². The Balaban J connectivity index is 1.99. The molecular weight excluding hydrogens is 444 g/mol. The summed E-state index contributed by atoms with van der Waals surface area (Å²) >= 11 is 1.95. The van der Waals surface area contributed by atoms with Gasteiger partial charge in [-0.15, -0.1) is 0 Å². The third-order valence-electron chi connectivity index (χ3n) is 4.16. The highest BCUT2D eigenvalue weighted by Crippen LogP contribution is 2.30. The minimum absolute atomic E-state index is 0.00116. The minimum Gasteiger partial charge on any atom is -0.350 e. The first-order chi connectivity index (χ1) is 12.0. The second kappa shape index (κ2) is 7.63. The summed E-state index contributed by atoms with van der Waals surface area (Å²) in [6.45, 7) is 1.16. The van der Waals surface area contributed by atoms with Crippen molar-refractivity contribution in [3.8, 4) is 0 Å². The van der Waals surface area contributed by atoms with Gasteiger partial charge in [-0.3, -0.25) is 4.79 Å². The highest BCUT2D eigenvalue weighted by molar-refractivity contribution is 14.1. The maximum Gasteiger partial charge on any atom is 0.256 e. The van der Waals surface area contributed by atoms with Crippen molar-refractivity contribution in [2.24, 2.45) is 0 Å². The number of nitrogens with zero attached hydrogens (tertiary/aromatic N) is 1. The van der Waals surface area contributed by atoms with Crippen molar-refractivity contribution in [2.75, 3.05) is 18.4 Å². The van der Waals surface area contributed by atoms with E-state index in [1.54, 1.807) is 11.0 Å². The van der Waals surface area contributed by atoms with E-state index in [1.165, 1.54) is 18.2 Å². The molecule has 0 atom stereocenters. The Labute approximate surface area is 157 Å². The van der Waals surface area contributed by atoms with Crippen molar-refractivity contribution < 1.29 is 18.0 Å². The highest BCUT2D eigenvalue weighted by Gasteiger charge is 2.24. The van der Waals surface area contributed by atoms with Gasteiger partial charge in [0.1, 0.15) is 5.82 Å². The molecule has 3 nitrogen and oxygen atoms in total.